The van der Waals surface area contributed by atoms with E-state index in [-0.39, 0.29) is 6.61 Å². The Kier molecular flexibility index (Phi) is 6.69. The van der Waals surface area contributed by atoms with Crippen LogP contribution in [0.1, 0.15) is 32.6 Å². The molecule has 0 bridgehead atoms. The lowest BCUT2D eigenvalue weighted by Crippen LogP contribution is -2.44. The van der Waals surface area contributed by atoms with E-state index in [1.807, 2.05) is 6.08 Å². The van der Waals surface area contributed by atoms with Crippen LogP contribution in [-0.4, -0.2) is 48.3 Å². The van der Waals surface area contributed by atoms with E-state index in [0.717, 1.165) is 25.7 Å². The van der Waals surface area contributed by atoms with Gasteiger partial charge in [-0.05, 0) is 19.3 Å². The van der Waals surface area contributed by atoms with E-state index in [2.05, 4.69) is 23.7 Å². The zero-order chi connectivity index (χ0) is 11.8. The van der Waals surface area contributed by atoms with Crippen LogP contribution in [0.25, 0.3) is 0 Å². The van der Waals surface area contributed by atoms with Gasteiger partial charge in [0.15, 0.2) is 0 Å². The molecule has 0 spiro atoms. The molecular formula is C13H26N2O. The smallest absolute Gasteiger partial charge is 0.0558 e. The molecule has 1 rings (SSSR count). The summed E-state index contributed by atoms with van der Waals surface area (Å²) in [7, 11) is 0. The van der Waals surface area contributed by atoms with Crippen molar-refractivity contribution < 1.29 is 5.11 Å². The maximum absolute atomic E-state index is 9.07. The molecule has 1 aliphatic rings. The monoisotopic (exact) mass is 226 g/mol. The van der Waals surface area contributed by atoms with Crippen molar-refractivity contribution in [2.75, 3.05) is 26.2 Å². The summed E-state index contributed by atoms with van der Waals surface area (Å²) < 4.78 is 0. The molecule has 0 aromatic rings. The van der Waals surface area contributed by atoms with Crippen LogP contribution in [-0.2, 0) is 0 Å². The van der Waals surface area contributed by atoms with Crippen molar-refractivity contribution in [1.29, 1.82) is 0 Å². The fourth-order valence-electron chi connectivity index (χ4n) is 2.05. The van der Waals surface area contributed by atoms with Crippen LogP contribution >= 0.6 is 0 Å². The molecule has 3 nitrogen and oxygen atoms in total. The number of aliphatic hydroxyl groups excluding tert-OH is 1. The third kappa shape index (κ3) is 5.10. The van der Waals surface area contributed by atoms with Crippen molar-refractivity contribution in [2.45, 2.75) is 44.7 Å². The molecule has 16 heavy (non-hydrogen) atoms. The highest BCUT2D eigenvalue weighted by Gasteiger charge is 2.23. The van der Waals surface area contributed by atoms with Crippen LogP contribution < -0.4 is 5.32 Å². The summed E-state index contributed by atoms with van der Waals surface area (Å²) in [5, 5.41) is 12.7. The minimum atomic E-state index is 0.234. The predicted molar refractivity (Wildman–Crippen MR) is 68.6 cm³/mol. The van der Waals surface area contributed by atoms with Gasteiger partial charge in [0.25, 0.3) is 0 Å². The van der Waals surface area contributed by atoms with Crippen LogP contribution in [0.5, 0.6) is 0 Å². The van der Waals surface area contributed by atoms with Crippen LogP contribution in [0.3, 0.4) is 0 Å². The summed E-state index contributed by atoms with van der Waals surface area (Å²) in [5.74, 6) is 0. The second-order valence-electron chi connectivity index (χ2n) is 4.63. The Morgan fingerprint density at radius 1 is 1.56 bits per heavy atom. The standard InChI is InChI=1S/C13H26N2O/c1-3-5-13(11-14-12-6-7-12)15(8-4-2)9-10-16/h4,12-14,16H,2-3,5-11H2,1H3. The van der Waals surface area contributed by atoms with E-state index in [1.165, 1.54) is 25.7 Å². The summed E-state index contributed by atoms with van der Waals surface area (Å²) in [6.45, 7) is 8.91. The summed E-state index contributed by atoms with van der Waals surface area (Å²) >= 11 is 0. The molecule has 0 aromatic carbocycles. The quantitative estimate of drug-likeness (QED) is 0.553. The highest BCUT2D eigenvalue weighted by Crippen LogP contribution is 2.19. The molecule has 3 heteroatoms. The minimum absolute atomic E-state index is 0.234. The predicted octanol–water partition coefficient (Wildman–Crippen LogP) is 1.39. The normalized spacial score (nSPS) is 17.7. The van der Waals surface area contributed by atoms with Gasteiger partial charge in [0.2, 0.25) is 0 Å². The van der Waals surface area contributed by atoms with Crippen molar-refractivity contribution in [3.05, 3.63) is 12.7 Å². The first-order valence-electron chi connectivity index (χ1n) is 6.51. The molecule has 0 aromatic heterocycles. The third-order valence-corrected chi connectivity index (χ3v) is 3.11. The first-order chi connectivity index (χ1) is 7.81. The maximum atomic E-state index is 9.07. The molecule has 94 valence electrons. The largest absolute Gasteiger partial charge is 0.395 e. The number of nitrogens with one attached hydrogen (secondary N) is 1. The molecule has 1 atom stereocenters. The highest BCUT2D eigenvalue weighted by molar-refractivity contribution is 4.86. The molecular weight excluding hydrogens is 200 g/mol. The van der Waals surface area contributed by atoms with E-state index in [0.29, 0.717) is 6.04 Å². The first-order valence-corrected chi connectivity index (χ1v) is 6.51. The van der Waals surface area contributed by atoms with Gasteiger partial charge in [-0.3, -0.25) is 4.90 Å². The summed E-state index contributed by atoms with van der Waals surface area (Å²) in [6, 6.07) is 1.30. The lowest BCUT2D eigenvalue weighted by atomic mass is 10.1. The second-order valence-corrected chi connectivity index (χ2v) is 4.63. The zero-order valence-corrected chi connectivity index (χ0v) is 10.5. The van der Waals surface area contributed by atoms with Crippen molar-refractivity contribution in [1.82, 2.24) is 10.2 Å². The second kappa shape index (κ2) is 7.82. The van der Waals surface area contributed by atoms with Crippen molar-refractivity contribution in [3.8, 4) is 0 Å². The van der Waals surface area contributed by atoms with Crippen LogP contribution in [0, 0.1) is 0 Å². The van der Waals surface area contributed by atoms with Gasteiger partial charge in [-0.15, -0.1) is 6.58 Å². The lowest BCUT2D eigenvalue weighted by Gasteiger charge is -2.30. The number of aliphatic hydroxyl groups is 1. The van der Waals surface area contributed by atoms with Gasteiger partial charge in [-0.1, -0.05) is 19.4 Å². The van der Waals surface area contributed by atoms with Crippen LogP contribution in [0.4, 0.5) is 0 Å². The van der Waals surface area contributed by atoms with Gasteiger partial charge in [0, 0.05) is 31.7 Å². The van der Waals surface area contributed by atoms with Crippen molar-refractivity contribution in [2.24, 2.45) is 0 Å². The first kappa shape index (κ1) is 13.7. The lowest BCUT2D eigenvalue weighted by molar-refractivity contribution is 0.154. The number of hydrogen-bond acceptors (Lipinski definition) is 3. The molecule has 0 saturated heterocycles. The van der Waals surface area contributed by atoms with Gasteiger partial charge >= 0.3 is 0 Å². The number of rotatable bonds is 10. The Hall–Kier alpha value is -0.380. The Balaban J connectivity index is 2.37. The summed E-state index contributed by atoms with van der Waals surface area (Å²) in [5.41, 5.74) is 0. The third-order valence-electron chi connectivity index (χ3n) is 3.11. The Morgan fingerprint density at radius 2 is 2.31 bits per heavy atom. The molecule has 1 fully saturated rings. The molecule has 0 amide bonds. The van der Waals surface area contributed by atoms with E-state index in [9.17, 15) is 0 Å². The van der Waals surface area contributed by atoms with Gasteiger partial charge in [-0.25, -0.2) is 0 Å². The van der Waals surface area contributed by atoms with Crippen molar-refractivity contribution in [3.63, 3.8) is 0 Å². The molecule has 1 unspecified atom stereocenters. The molecule has 0 radical (unpaired) electrons. The average Bonchev–Trinajstić information content (AvgIpc) is 3.08. The zero-order valence-electron chi connectivity index (χ0n) is 10.5. The fraction of sp³-hybridized carbons (Fsp3) is 0.846. The van der Waals surface area contributed by atoms with Gasteiger partial charge in [-0.2, -0.15) is 0 Å². The average molecular weight is 226 g/mol. The van der Waals surface area contributed by atoms with E-state index in [4.69, 9.17) is 5.11 Å². The molecule has 2 N–H and O–H groups in total. The fourth-order valence-corrected chi connectivity index (χ4v) is 2.05. The maximum Gasteiger partial charge on any atom is 0.0558 e. The molecule has 1 saturated carbocycles. The SMILES string of the molecule is C=CCN(CCO)C(CCC)CNC1CC1. The van der Waals surface area contributed by atoms with Gasteiger partial charge in [0.1, 0.15) is 0 Å². The van der Waals surface area contributed by atoms with E-state index in [1.54, 1.807) is 0 Å². The topological polar surface area (TPSA) is 35.5 Å². The molecule has 1 aliphatic carbocycles. The highest BCUT2D eigenvalue weighted by atomic mass is 16.3. The minimum Gasteiger partial charge on any atom is -0.395 e. The van der Waals surface area contributed by atoms with Gasteiger partial charge in [0.05, 0.1) is 6.61 Å². The number of hydrogen-bond donors (Lipinski definition) is 2. The molecule has 0 aliphatic heterocycles. The van der Waals surface area contributed by atoms with E-state index >= 15 is 0 Å². The van der Waals surface area contributed by atoms with Crippen LogP contribution in [0.2, 0.25) is 0 Å². The summed E-state index contributed by atoms with van der Waals surface area (Å²) in [6.07, 6.45) is 6.97. The van der Waals surface area contributed by atoms with Gasteiger partial charge < -0.3 is 10.4 Å². The van der Waals surface area contributed by atoms with Crippen LogP contribution in [0.15, 0.2) is 12.7 Å². The van der Waals surface area contributed by atoms with Crippen molar-refractivity contribution >= 4 is 0 Å². The Bertz CT molecular complexity index is 192. The molecule has 0 heterocycles. The van der Waals surface area contributed by atoms with E-state index < -0.39 is 0 Å². The summed E-state index contributed by atoms with van der Waals surface area (Å²) in [4.78, 5) is 2.33. The Labute approximate surface area is 99.5 Å². The Morgan fingerprint density at radius 3 is 2.81 bits per heavy atom. The number of nitrogens with zero attached hydrogens (tertiary/aromatic N) is 1.